The molecule has 2 heterocycles. The van der Waals surface area contributed by atoms with E-state index in [2.05, 4.69) is 83.6 Å². The van der Waals surface area contributed by atoms with Gasteiger partial charge in [0.05, 0.1) is 11.0 Å². The zero-order valence-corrected chi connectivity index (χ0v) is 14.3. The van der Waals surface area contributed by atoms with Gasteiger partial charge < -0.3 is 0 Å². The van der Waals surface area contributed by atoms with Crippen LogP contribution in [0.25, 0.3) is 11.0 Å². The summed E-state index contributed by atoms with van der Waals surface area (Å²) < 4.78 is 0. The Balaban J connectivity index is 2.02. The predicted molar refractivity (Wildman–Crippen MR) is 103 cm³/mol. The summed E-state index contributed by atoms with van der Waals surface area (Å²) in [5.74, 6) is 0. The molecule has 0 N–H and O–H groups in total. The van der Waals surface area contributed by atoms with Crippen molar-refractivity contribution in [2.45, 2.75) is 6.92 Å². The minimum Gasteiger partial charge on any atom is -0.254 e. The molecule has 4 aromatic rings. The molecule has 0 fully saturated rings. The molecule has 0 unspecified atom stereocenters. The maximum absolute atomic E-state index is 4.65. The van der Waals surface area contributed by atoms with Crippen molar-refractivity contribution < 1.29 is 0 Å². The lowest BCUT2D eigenvalue weighted by molar-refractivity contribution is 1.24. The first-order valence-electron chi connectivity index (χ1n) is 7.95. The maximum atomic E-state index is 4.65. The van der Waals surface area contributed by atoms with Gasteiger partial charge in [-0.05, 0) is 43.7 Å². The van der Waals surface area contributed by atoms with E-state index in [0.29, 0.717) is 0 Å². The van der Waals surface area contributed by atoms with E-state index < -0.39 is 7.92 Å². The molecular formula is C21H17N2P. The molecule has 116 valence electrons. The molecular weight excluding hydrogens is 311 g/mol. The normalized spacial score (nSPS) is 11.1. The highest BCUT2D eigenvalue weighted by Gasteiger charge is 2.20. The lowest BCUT2D eigenvalue weighted by atomic mass is 10.3. The van der Waals surface area contributed by atoms with Gasteiger partial charge in [0.2, 0.25) is 0 Å². The molecule has 0 atom stereocenters. The van der Waals surface area contributed by atoms with Gasteiger partial charge in [-0.15, -0.1) is 0 Å². The van der Waals surface area contributed by atoms with E-state index in [1.54, 1.807) is 0 Å². The van der Waals surface area contributed by atoms with Gasteiger partial charge in [-0.1, -0.05) is 60.7 Å². The highest BCUT2D eigenvalue weighted by Crippen LogP contribution is 2.34. The second kappa shape index (κ2) is 6.51. The topological polar surface area (TPSA) is 25.8 Å². The first-order valence-corrected chi connectivity index (χ1v) is 9.30. The highest BCUT2D eigenvalue weighted by molar-refractivity contribution is 7.80. The van der Waals surface area contributed by atoms with Gasteiger partial charge in [0.1, 0.15) is 0 Å². The number of hydrogen-bond acceptors (Lipinski definition) is 2. The van der Waals surface area contributed by atoms with Crippen LogP contribution in [0.4, 0.5) is 0 Å². The van der Waals surface area contributed by atoms with Gasteiger partial charge >= 0.3 is 0 Å². The van der Waals surface area contributed by atoms with E-state index in [1.807, 2.05) is 18.3 Å². The van der Waals surface area contributed by atoms with Crippen molar-refractivity contribution in [3.63, 3.8) is 0 Å². The van der Waals surface area contributed by atoms with Gasteiger partial charge in [0.25, 0.3) is 0 Å². The third-order valence-corrected chi connectivity index (χ3v) is 6.39. The maximum Gasteiger partial charge on any atom is 0.0970 e. The summed E-state index contributed by atoms with van der Waals surface area (Å²) in [6.07, 6.45) is 1.85. The molecule has 0 saturated heterocycles. The van der Waals surface area contributed by atoms with E-state index in [-0.39, 0.29) is 0 Å². The van der Waals surface area contributed by atoms with Crippen molar-refractivity contribution in [1.82, 2.24) is 9.97 Å². The summed E-state index contributed by atoms with van der Waals surface area (Å²) in [6.45, 7) is 2.05. The Hall–Kier alpha value is -2.57. The van der Waals surface area contributed by atoms with Crippen LogP contribution in [0.3, 0.4) is 0 Å². The summed E-state index contributed by atoms with van der Waals surface area (Å²) in [6, 6.07) is 27.6. The minimum atomic E-state index is -0.664. The van der Waals surface area contributed by atoms with E-state index in [9.17, 15) is 0 Å². The van der Waals surface area contributed by atoms with Crippen LogP contribution in [0, 0.1) is 6.92 Å². The predicted octanol–water partition coefficient (Wildman–Crippen LogP) is 3.70. The zero-order valence-electron chi connectivity index (χ0n) is 13.4. The number of aryl methyl sites for hydroxylation is 1. The Morgan fingerprint density at radius 3 is 2.00 bits per heavy atom. The third kappa shape index (κ3) is 2.81. The van der Waals surface area contributed by atoms with E-state index in [1.165, 1.54) is 15.9 Å². The number of pyridine rings is 2. The summed E-state index contributed by atoms with van der Waals surface area (Å²) in [5, 5.41) is 3.93. The van der Waals surface area contributed by atoms with E-state index in [0.717, 1.165) is 16.7 Å². The number of nitrogens with zero attached hydrogens (tertiary/aromatic N) is 2. The molecule has 0 amide bonds. The van der Waals surface area contributed by atoms with Crippen LogP contribution < -0.4 is 15.9 Å². The molecule has 2 nitrogen and oxygen atoms in total. The van der Waals surface area contributed by atoms with Crippen LogP contribution >= 0.6 is 7.92 Å². The van der Waals surface area contributed by atoms with Crippen LogP contribution in [-0.4, -0.2) is 9.97 Å². The smallest absolute Gasteiger partial charge is 0.0970 e. The molecule has 0 aliphatic carbocycles. The van der Waals surface area contributed by atoms with Gasteiger partial charge in [-0.2, -0.15) is 0 Å². The van der Waals surface area contributed by atoms with E-state index >= 15 is 0 Å². The van der Waals surface area contributed by atoms with Gasteiger partial charge in [-0.25, -0.2) is 0 Å². The second-order valence-electron chi connectivity index (χ2n) is 5.66. The van der Waals surface area contributed by atoms with Crippen LogP contribution in [0.15, 0.2) is 85.1 Å². The van der Waals surface area contributed by atoms with E-state index in [4.69, 9.17) is 0 Å². The Bertz CT molecular complexity index is 929. The van der Waals surface area contributed by atoms with Crippen molar-refractivity contribution in [3.8, 4) is 0 Å². The average Bonchev–Trinajstić information content (AvgIpc) is 2.63. The van der Waals surface area contributed by atoms with Gasteiger partial charge in [0.15, 0.2) is 0 Å². The molecule has 0 aliphatic heterocycles. The summed E-state index contributed by atoms with van der Waals surface area (Å²) in [7, 11) is -0.664. The zero-order chi connectivity index (χ0) is 16.4. The number of rotatable bonds is 3. The Kier molecular flexibility index (Phi) is 4.06. The Labute approximate surface area is 143 Å². The van der Waals surface area contributed by atoms with Crippen LogP contribution in [0.2, 0.25) is 0 Å². The fraction of sp³-hybridized carbons (Fsp3) is 0.0476. The lowest BCUT2D eigenvalue weighted by Crippen LogP contribution is -2.22. The molecule has 2 aromatic carbocycles. The third-order valence-electron chi connectivity index (χ3n) is 3.94. The largest absolute Gasteiger partial charge is 0.254 e. The van der Waals surface area contributed by atoms with Gasteiger partial charge in [0, 0.05) is 17.2 Å². The number of fused-ring (bicyclic) bond motifs is 1. The molecule has 2 aromatic heterocycles. The quantitative estimate of drug-likeness (QED) is 0.536. The Morgan fingerprint density at radius 2 is 1.38 bits per heavy atom. The van der Waals surface area contributed by atoms with Crippen molar-refractivity contribution >= 4 is 34.9 Å². The average molecular weight is 328 g/mol. The molecule has 0 radical (unpaired) electrons. The standard InChI is InChI=1S/C21H17N2P/c1-16-15-20(21-19(23-16)13-8-14-22-21)24(17-9-4-2-5-10-17)18-11-6-3-7-12-18/h2-15H,1H3. The monoisotopic (exact) mass is 328 g/mol. The molecule has 24 heavy (non-hydrogen) atoms. The molecule has 0 aliphatic rings. The fourth-order valence-electron chi connectivity index (χ4n) is 2.92. The molecule has 0 bridgehead atoms. The minimum absolute atomic E-state index is 0.664. The number of aromatic nitrogens is 2. The second-order valence-corrected chi connectivity index (χ2v) is 7.85. The summed E-state index contributed by atoms with van der Waals surface area (Å²) in [5.41, 5.74) is 3.00. The van der Waals surface area contributed by atoms with Crippen molar-refractivity contribution in [2.75, 3.05) is 0 Å². The van der Waals surface area contributed by atoms with Crippen molar-refractivity contribution in [1.29, 1.82) is 0 Å². The number of hydrogen-bond donors (Lipinski definition) is 0. The van der Waals surface area contributed by atoms with Crippen LogP contribution in [0.5, 0.6) is 0 Å². The summed E-state index contributed by atoms with van der Waals surface area (Å²) in [4.78, 5) is 9.30. The number of benzene rings is 2. The SMILES string of the molecule is Cc1cc(P(c2ccccc2)c2ccccc2)c2ncccc2n1. The molecule has 0 spiro atoms. The molecule has 0 saturated carbocycles. The van der Waals surface area contributed by atoms with Crippen molar-refractivity contribution in [2.24, 2.45) is 0 Å². The summed E-state index contributed by atoms with van der Waals surface area (Å²) >= 11 is 0. The highest BCUT2D eigenvalue weighted by atomic mass is 31.1. The van der Waals surface area contributed by atoms with Crippen LogP contribution in [0.1, 0.15) is 5.69 Å². The van der Waals surface area contributed by atoms with Gasteiger partial charge in [-0.3, -0.25) is 9.97 Å². The Morgan fingerprint density at radius 1 is 0.750 bits per heavy atom. The first kappa shape index (κ1) is 15.0. The van der Waals surface area contributed by atoms with Crippen LogP contribution in [-0.2, 0) is 0 Å². The molecule has 3 heteroatoms. The lowest BCUT2D eigenvalue weighted by Gasteiger charge is -2.20. The fourth-order valence-corrected chi connectivity index (χ4v) is 5.42. The first-order chi connectivity index (χ1) is 11.8. The van der Waals surface area contributed by atoms with Crippen molar-refractivity contribution in [3.05, 3.63) is 90.8 Å². The molecule has 4 rings (SSSR count).